The molecule has 2 nitrogen and oxygen atoms in total. The number of hydrogen-bond acceptors (Lipinski definition) is 3. The van der Waals surface area contributed by atoms with Crippen LogP contribution in [0.5, 0.6) is 0 Å². The molecule has 80 valence electrons. The third kappa shape index (κ3) is 3.24. The van der Waals surface area contributed by atoms with E-state index < -0.39 is 0 Å². The molecule has 0 aliphatic carbocycles. The Morgan fingerprint density at radius 1 is 1.57 bits per heavy atom. The lowest BCUT2D eigenvalue weighted by Crippen LogP contribution is -2.21. The van der Waals surface area contributed by atoms with E-state index in [-0.39, 0.29) is 0 Å². The van der Waals surface area contributed by atoms with Gasteiger partial charge in [0.2, 0.25) is 0 Å². The summed E-state index contributed by atoms with van der Waals surface area (Å²) in [5.74, 6) is 0.535. The molecule has 0 aromatic carbocycles. The van der Waals surface area contributed by atoms with E-state index in [1.165, 1.54) is 4.88 Å². The average Bonchev–Trinajstić information content (AvgIpc) is 2.60. The summed E-state index contributed by atoms with van der Waals surface area (Å²) in [5, 5.41) is 3.29. The minimum absolute atomic E-state index is 0.381. The van der Waals surface area contributed by atoms with E-state index in [0.29, 0.717) is 12.0 Å². The van der Waals surface area contributed by atoms with Crippen LogP contribution < -0.4 is 11.1 Å². The molecule has 0 amide bonds. The summed E-state index contributed by atoms with van der Waals surface area (Å²) in [6, 6.07) is 4.40. The maximum absolute atomic E-state index is 5.90. The highest BCUT2D eigenvalue weighted by atomic mass is 35.5. The van der Waals surface area contributed by atoms with Gasteiger partial charge in [-0.05, 0) is 38.1 Å². The molecule has 1 aromatic rings. The predicted molar refractivity (Wildman–Crippen MR) is 64.0 cm³/mol. The molecule has 0 bridgehead atoms. The number of nitrogens with two attached hydrogens (primary N) is 1. The van der Waals surface area contributed by atoms with Crippen LogP contribution in [0.25, 0.3) is 0 Å². The van der Waals surface area contributed by atoms with Gasteiger partial charge in [-0.25, -0.2) is 0 Å². The van der Waals surface area contributed by atoms with Gasteiger partial charge in [0, 0.05) is 10.9 Å². The standard InChI is InChI=1S/C10H17ClN2S/c1-7(6-12)5-8(13-2)9-3-4-10(11)14-9/h3-4,7-8,13H,5-6,12H2,1-2H3. The van der Waals surface area contributed by atoms with E-state index in [1.54, 1.807) is 11.3 Å². The predicted octanol–water partition coefficient (Wildman–Crippen LogP) is 2.65. The first-order valence-corrected chi connectivity index (χ1v) is 5.99. The zero-order valence-electron chi connectivity index (χ0n) is 8.59. The Labute approximate surface area is 94.5 Å². The van der Waals surface area contributed by atoms with Crippen LogP contribution in [0.1, 0.15) is 24.3 Å². The lowest BCUT2D eigenvalue weighted by Gasteiger charge is -2.18. The van der Waals surface area contributed by atoms with Crippen LogP contribution in [0.4, 0.5) is 0 Å². The van der Waals surface area contributed by atoms with Gasteiger partial charge in [0.15, 0.2) is 0 Å². The fourth-order valence-corrected chi connectivity index (χ4v) is 2.57. The quantitative estimate of drug-likeness (QED) is 0.819. The lowest BCUT2D eigenvalue weighted by atomic mass is 10.0. The van der Waals surface area contributed by atoms with E-state index in [4.69, 9.17) is 17.3 Å². The summed E-state index contributed by atoms with van der Waals surface area (Å²) in [6.45, 7) is 2.90. The van der Waals surface area contributed by atoms with Crippen molar-refractivity contribution >= 4 is 22.9 Å². The molecule has 0 radical (unpaired) electrons. The van der Waals surface area contributed by atoms with Gasteiger partial charge in [0.1, 0.15) is 0 Å². The largest absolute Gasteiger partial charge is 0.330 e. The zero-order chi connectivity index (χ0) is 10.6. The molecule has 0 saturated carbocycles. The van der Waals surface area contributed by atoms with Crippen molar-refractivity contribution in [3.8, 4) is 0 Å². The maximum Gasteiger partial charge on any atom is 0.0931 e. The molecule has 2 unspecified atom stereocenters. The Morgan fingerprint density at radius 2 is 2.29 bits per heavy atom. The molecule has 1 heterocycles. The second-order valence-corrected chi connectivity index (χ2v) is 5.31. The summed E-state index contributed by atoms with van der Waals surface area (Å²) in [5.41, 5.74) is 5.61. The second kappa shape index (κ2) is 5.71. The average molecular weight is 233 g/mol. The molecule has 0 fully saturated rings. The monoisotopic (exact) mass is 232 g/mol. The van der Waals surface area contributed by atoms with E-state index in [0.717, 1.165) is 17.3 Å². The summed E-state index contributed by atoms with van der Waals surface area (Å²) in [6.07, 6.45) is 1.06. The van der Waals surface area contributed by atoms with Crippen LogP contribution in [0.2, 0.25) is 4.34 Å². The van der Waals surface area contributed by atoms with Crippen LogP contribution in [0.3, 0.4) is 0 Å². The van der Waals surface area contributed by atoms with Gasteiger partial charge in [-0.1, -0.05) is 18.5 Å². The van der Waals surface area contributed by atoms with Crippen LogP contribution >= 0.6 is 22.9 Å². The van der Waals surface area contributed by atoms with E-state index in [2.05, 4.69) is 18.3 Å². The number of thiophene rings is 1. The Kier molecular flexibility index (Phi) is 4.89. The van der Waals surface area contributed by atoms with Gasteiger partial charge in [-0.15, -0.1) is 11.3 Å². The first-order valence-electron chi connectivity index (χ1n) is 4.80. The topological polar surface area (TPSA) is 38.0 Å². The van der Waals surface area contributed by atoms with Gasteiger partial charge in [0.25, 0.3) is 0 Å². The number of rotatable bonds is 5. The Balaban J connectivity index is 2.62. The summed E-state index contributed by atoms with van der Waals surface area (Å²) >= 11 is 7.53. The van der Waals surface area contributed by atoms with Crippen molar-refractivity contribution in [2.75, 3.05) is 13.6 Å². The third-order valence-corrected chi connectivity index (χ3v) is 3.67. The van der Waals surface area contributed by atoms with Crippen LogP contribution in [-0.4, -0.2) is 13.6 Å². The van der Waals surface area contributed by atoms with Crippen molar-refractivity contribution in [3.05, 3.63) is 21.3 Å². The Hall–Kier alpha value is -0.0900. The Morgan fingerprint density at radius 3 is 2.71 bits per heavy atom. The number of halogens is 1. The minimum atomic E-state index is 0.381. The number of hydrogen-bond donors (Lipinski definition) is 2. The fourth-order valence-electron chi connectivity index (χ4n) is 1.39. The van der Waals surface area contributed by atoms with E-state index in [1.807, 2.05) is 13.1 Å². The highest BCUT2D eigenvalue weighted by Gasteiger charge is 2.14. The molecule has 0 aliphatic rings. The molecule has 0 spiro atoms. The molecule has 3 N–H and O–H groups in total. The molecule has 0 saturated heterocycles. The highest BCUT2D eigenvalue weighted by Crippen LogP contribution is 2.29. The Bertz CT molecular complexity index is 275. The van der Waals surface area contributed by atoms with Gasteiger partial charge in [0.05, 0.1) is 4.34 Å². The molecular formula is C10H17ClN2S. The molecule has 4 heteroatoms. The first-order chi connectivity index (χ1) is 6.67. The number of nitrogens with one attached hydrogen (secondary N) is 1. The molecule has 1 rings (SSSR count). The summed E-state index contributed by atoms with van der Waals surface area (Å²) in [7, 11) is 1.97. The van der Waals surface area contributed by atoms with Crippen LogP contribution in [0, 0.1) is 5.92 Å². The van der Waals surface area contributed by atoms with Crippen molar-refractivity contribution in [2.45, 2.75) is 19.4 Å². The van der Waals surface area contributed by atoms with Crippen molar-refractivity contribution in [1.82, 2.24) is 5.32 Å². The van der Waals surface area contributed by atoms with Gasteiger partial charge in [-0.2, -0.15) is 0 Å². The molecule has 14 heavy (non-hydrogen) atoms. The van der Waals surface area contributed by atoms with Crippen molar-refractivity contribution in [1.29, 1.82) is 0 Å². The smallest absolute Gasteiger partial charge is 0.0931 e. The van der Waals surface area contributed by atoms with Crippen molar-refractivity contribution < 1.29 is 0 Å². The lowest BCUT2D eigenvalue weighted by molar-refractivity contribution is 0.442. The van der Waals surface area contributed by atoms with Crippen LogP contribution in [0.15, 0.2) is 12.1 Å². The fraction of sp³-hybridized carbons (Fsp3) is 0.600. The van der Waals surface area contributed by atoms with Gasteiger partial charge >= 0.3 is 0 Å². The molecular weight excluding hydrogens is 216 g/mol. The SMILES string of the molecule is CNC(CC(C)CN)c1ccc(Cl)s1. The minimum Gasteiger partial charge on any atom is -0.330 e. The summed E-state index contributed by atoms with van der Waals surface area (Å²) in [4.78, 5) is 1.29. The maximum atomic E-state index is 5.90. The summed E-state index contributed by atoms with van der Waals surface area (Å²) < 4.78 is 0.848. The third-order valence-electron chi connectivity index (χ3n) is 2.33. The highest BCUT2D eigenvalue weighted by molar-refractivity contribution is 7.16. The van der Waals surface area contributed by atoms with Crippen molar-refractivity contribution in [3.63, 3.8) is 0 Å². The van der Waals surface area contributed by atoms with Gasteiger partial charge in [-0.3, -0.25) is 0 Å². The van der Waals surface area contributed by atoms with Crippen LogP contribution in [-0.2, 0) is 0 Å². The zero-order valence-corrected chi connectivity index (χ0v) is 10.2. The molecule has 0 aliphatic heterocycles. The normalized spacial score (nSPS) is 15.4. The second-order valence-electron chi connectivity index (χ2n) is 3.56. The van der Waals surface area contributed by atoms with E-state index >= 15 is 0 Å². The van der Waals surface area contributed by atoms with E-state index in [9.17, 15) is 0 Å². The van der Waals surface area contributed by atoms with Gasteiger partial charge < -0.3 is 11.1 Å². The molecule has 2 atom stereocenters. The first kappa shape index (κ1) is 12.0. The van der Waals surface area contributed by atoms with Crippen molar-refractivity contribution in [2.24, 2.45) is 11.7 Å². The molecule has 1 aromatic heterocycles.